The fourth-order valence-electron chi connectivity index (χ4n) is 2.41. The lowest BCUT2D eigenvalue weighted by atomic mass is 9.77. The first-order valence-corrected chi connectivity index (χ1v) is 5.50. The Hall–Kier alpha value is -0.830. The van der Waals surface area contributed by atoms with Crippen molar-refractivity contribution in [2.24, 2.45) is 17.8 Å². The second-order valence-corrected chi connectivity index (χ2v) is 4.81. The maximum atomic E-state index is 10.8. The molecule has 0 fully saturated rings. The summed E-state index contributed by atoms with van der Waals surface area (Å²) in [5, 5.41) is 18.8. The van der Waals surface area contributed by atoms with Crippen molar-refractivity contribution in [1.82, 2.24) is 0 Å². The molecule has 4 unspecified atom stereocenters. The van der Waals surface area contributed by atoms with E-state index in [-0.39, 0.29) is 5.92 Å². The third-order valence-electron chi connectivity index (χ3n) is 3.21. The summed E-state index contributed by atoms with van der Waals surface area (Å²) < 4.78 is 0. The van der Waals surface area contributed by atoms with Crippen molar-refractivity contribution in [2.45, 2.75) is 39.7 Å². The number of aliphatic carboxylic acids is 1. The van der Waals surface area contributed by atoms with E-state index >= 15 is 0 Å². The van der Waals surface area contributed by atoms with Crippen LogP contribution in [0.25, 0.3) is 0 Å². The van der Waals surface area contributed by atoms with Crippen molar-refractivity contribution in [3.8, 4) is 0 Å². The van der Waals surface area contributed by atoms with Gasteiger partial charge in [-0.05, 0) is 38.5 Å². The number of carbonyl (C=O) groups is 1. The predicted octanol–water partition coefficient (Wildman–Crippen LogP) is 2.06. The smallest absolute Gasteiger partial charge is 0.308 e. The number of aliphatic hydroxyl groups is 1. The number of aliphatic hydroxyl groups excluding tert-OH is 1. The Labute approximate surface area is 90.8 Å². The van der Waals surface area contributed by atoms with Crippen LogP contribution in [0, 0.1) is 17.8 Å². The summed E-state index contributed by atoms with van der Waals surface area (Å²) in [5.41, 5.74) is 1.26. The van der Waals surface area contributed by atoms with E-state index in [4.69, 9.17) is 5.11 Å². The van der Waals surface area contributed by atoms with Crippen LogP contribution in [0.4, 0.5) is 0 Å². The number of hydrogen-bond acceptors (Lipinski definition) is 2. The van der Waals surface area contributed by atoms with Gasteiger partial charge in [0.05, 0.1) is 12.0 Å². The highest BCUT2D eigenvalue weighted by Gasteiger charge is 2.31. The van der Waals surface area contributed by atoms with Gasteiger partial charge in [-0.15, -0.1) is 0 Å². The number of rotatable bonds is 3. The van der Waals surface area contributed by atoms with Gasteiger partial charge in [0.15, 0.2) is 0 Å². The van der Waals surface area contributed by atoms with Crippen molar-refractivity contribution >= 4 is 5.97 Å². The second kappa shape index (κ2) is 4.79. The molecular formula is C12H20O3. The third-order valence-corrected chi connectivity index (χ3v) is 3.21. The summed E-state index contributed by atoms with van der Waals surface area (Å²) in [6.07, 6.45) is 3.18. The first kappa shape index (κ1) is 12.2. The Morgan fingerprint density at radius 1 is 1.60 bits per heavy atom. The van der Waals surface area contributed by atoms with Gasteiger partial charge in [-0.25, -0.2) is 0 Å². The van der Waals surface area contributed by atoms with Gasteiger partial charge in [-0.2, -0.15) is 0 Å². The molecule has 86 valence electrons. The Morgan fingerprint density at radius 3 is 2.67 bits per heavy atom. The normalized spacial score (nSPS) is 30.5. The molecule has 3 heteroatoms. The summed E-state index contributed by atoms with van der Waals surface area (Å²) in [6, 6.07) is 0. The van der Waals surface area contributed by atoms with Crippen molar-refractivity contribution in [2.75, 3.05) is 0 Å². The molecular weight excluding hydrogens is 192 g/mol. The lowest BCUT2D eigenvalue weighted by Gasteiger charge is -2.31. The Kier molecular flexibility index (Phi) is 3.91. The van der Waals surface area contributed by atoms with Gasteiger partial charge in [-0.1, -0.05) is 18.6 Å². The maximum absolute atomic E-state index is 10.8. The van der Waals surface area contributed by atoms with Crippen LogP contribution in [-0.4, -0.2) is 22.3 Å². The van der Waals surface area contributed by atoms with Crippen molar-refractivity contribution in [1.29, 1.82) is 0 Å². The standard InChI is InChI=1S/C12H20O3/c1-7-4-8(2)6-10(5-7)11(13)9(3)12(14)15/h4,7,9-11,13H,5-6H2,1-3H3,(H,14,15). The molecule has 0 bridgehead atoms. The van der Waals surface area contributed by atoms with Gasteiger partial charge in [0.1, 0.15) is 0 Å². The van der Waals surface area contributed by atoms with E-state index in [2.05, 4.69) is 13.0 Å². The van der Waals surface area contributed by atoms with Gasteiger partial charge in [0.25, 0.3) is 0 Å². The van der Waals surface area contributed by atoms with Crippen LogP contribution in [0.2, 0.25) is 0 Å². The first-order valence-electron chi connectivity index (χ1n) is 5.50. The SMILES string of the molecule is CC1=CC(C)CC(C(O)C(C)C(=O)O)C1. The highest BCUT2D eigenvalue weighted by Crippen LogP contribution is 2.32. The number of allylic oxidation sites excluding steroid dienone is 2. The van der Waals surface area contributed by atoms with Crippen LogP contribution in [0.1, 0.15) is 33.6 Å². The van der Waals surface area contributed by atoms with E-state index in [9.17, 15) is 9.90 Å². The minimum atomic E-state index is -0.914. The lowest BCUT2D eigenvalue weighted by molar-refractivity contribution is -0.146. The summed E-state index contributed by atoms with van der Waals surface area (Å²) in [5.74, 6) is -1.05. The quantitative estimate of drug-likeness (QED) is 0.704. The zero-order valence-electron chi connectivity index (χ0n) is 9.60. The zero-order valence-corrected chi connectivity index (χ0v) is 9.60. The maximum Gasteiger partial charge on any atom is 0.308 e. The van der Waals surface area contributed by atoms with Gasteiger partial charge in [0.2, 0.25) is 0 Å². The summed E-state index contributed by atoms with van der Waals surface area (Å²) in [6.45, 7) is 5.72. The summed E-state index contributed by atoms with van der Waals surface area (Å²) in [4.78, 5) is 10.8. The molecule has 0 aromatic carbocycles. The van der Waals surface area contributed by atoms with Gasteiger partial charge in [0, 0.05) is 0 Å². The van der Waals surface area contributed by atoms with Gasteiger partial charge < -0.3 is 10.2 Å². The monoisotopic (exact) mass is 212 g/mol. The molecule has 0 aromatic rings. The van der Waals surface area contributed by atoms with Crippen molar-refractivity contribution < 1.29 is 15.0 Å². The Morgan fingerprint density at radius 2 is 2.20 bits per heavy atom. The molecule has 0 radical (unpaired) electrons. The highest BCUT2D eigenvalue weighted by molar-refractivity contribution is 5.70. The van der Waals surface area contributed by atoms with E-state index in [1.54, 1.807) is 6.92 Å². The third kappa shape index (κ3) is 3.06. The molecule has 1 rings (SSSR count). The molecule has 0 aromatic heterocycles. The lowest BCUT2D eigenvalue weighted by Crippen LogP contribution is -2.34. The van der Waals surface area contributed by atoms with Crippen LogP contribution in [0.15, 0.2) is 11.6 Å². The molecule has 15 heavy (non-hydrogen) atoms. The number of hydrogen-bond donors (Lipinski definition) is 2. The van der Waals surface area contributed by atoms with Crippen LogP contribution in [-0.2, 0) is 4.79 Å². The van der Waals surface area contributed by atoms with E-state index in [1.807, 2.05) is 6.92 Å². The van der Waals surface area contributed by atoms with Crippen molar-refractivity contribution in [3.05, 3.63) is 11.6 Å². The van der Waals surface area contributed by atoms with Gasteiger partial charge >= 0.3 is 5.97 Å². The van der Waals surface area contributed by atoms with Crippen LogP contribution in [0.3, 0.4) is 0 Å². The van der Waals surface area contributed by atoms with Crippen molar-refractivity contribution in [3.63, 3.8) is 0 Å². The molecule has 3 nitrogen and oxygen atoms in total. The zero-order chi connectivity index (χ0) is 11.6. The molecule has 0 aliphatic heterocycles. The second-order valence-electron chi connectivity index (χ2n) is 4.81. The fraction of sp³-hybridized carbons (Fsp3) is 0.750. The van der Waals surface area contributed by atoms with Crippen LogP contribution in [0.5, 0.6) is 0 Å². The van der Waals surface area contributed by atoms with E-state index < -0.39 is 18.0 Å². The molecule has 1 aliphatic carbocycles. The minimum Gasteiger partial charge on any atom is -0.481 e. The molecule has 0 saturated heterocycles. The largest absolute Gasteiger partial charge is 0.481 e. The molecule has 0 saturated carbocycles. The molecule has 4 atom stereocenters. The summed E-state index contributed by atoms with van der Waals surface area (Å²) in [7, 11) is 0. The number of carboxylic acid groups (broad SMARTS) is 1. The first-order chi connectivity index (χ1) is 6.91. The van der Waals surface area contributed by atoms with E-state index in [0.29, 0.717) is 5.92 Å². The minimum absolute atomic E-state index is 0.0936. The van der Waals surface area contributed by atoms with Crippen LogP contribution >= 0.6 is 0 Å². The number of carboxylic acids is 1. The highest BCUT2D eigenvalue weighted by atomic mass is 16.4. The van der Waals surface area contributed by atoms with Crippen LogP contribution < -0.4 is 0 Å². The molecule has 2 N–H and O–H groups in total. The van der Waals surface area contributed by atoms with E-state index in [0.717, 1.165) is 12.8 Å². The van der Waals surface area contributed by atoms with Gasteiger partial charge in [-0.3, -0.25) is 4.79 Å². The fourth-order valence-corrected chi connectivity index (χ4v) is 2.41. The molecule has 1 aliphatic rings. The topological polar surface area (TPSA) is 57.5 Å². The predicted molar refractivity (Wildman–Crippen MR) is 58.5 cm³/mol. The molecule has 0 amide bonds. The average molecular weight is 212 g/mol. The molecule has 0 spiro atoms. The summed E-state index contributed by atoms with van der Waals surface area (Å²) >= 11 is 0. The average Bonchev–Trinajstić information content (AvgIpc) is 2.13. The molecule has 0 heterocycles. The Bertz CT molecular complexity index is 270. The Balaban J connectivity index is 2.65. The van der Waals surface area contributed by atoms with E-state index in [1.165, 1.54) is 5.57 Å².